The molecule has 6 nitrogen and oxygen atoms in total. The third kappa shape index (κ3) is 3.88. The molecule has 1 aliphatic heterocycles. The number of carboxylic acids is 1. The molecule has 1 saturated carbocycles. The molecule has 2 aliphatic rings. The Bertz CT molecular complexity index is 1220. The lowest BCUT2D eigenvalue weighted by molar-refractivity contribution is 0.0697. The summed E-state index contributed by atoms with van der Waals surface area (Å²) in [6.45, 7) is 4.12. The maximum Gasteiger partial charge on any atom is 0.337 e. The standard InChI is InChI=1S/C27H30N4O2S/c1-17-16-21(18(2)30(17)23-14-7-6-12-20(23)26(32)33)25-24(22-13-8-9-15-28-22)29-27(34)31(25)19-10-4-3-5-11-19/h6-9,12-16,19,24-25H,3-5,10-11H2,1-2H3,(H,29,34)(H,32,33). The molecule has 176 valence electrons. The summed E-state index contributed by atoms with van der Waals surface area (Å²) in [5.41, 5.74) is 5.13. The van der Waals surface area contributed by atoms with Crippen molar-refractivity contribution in [3.63, 3.8) is 0 Å². The van der Waals surface area contributed by atoms with Crippen LogP contribution in [-0.4, -0.2) is 36.7 Å². The topological polar surface area (TPSA) is 70.4 Å². The summed E-state index contributed by atoms with van der Waals surface area (Å²) in [6, 6.07) is 15.7. The van der Waals surface area contributed by atoms with Crippen LogP contribution in [0.4, 0.5) is 0 Å². The van der Waals surface area contributed by atoms with E-state index < -0.39 is 5.97 Å². The fourth-order valence-electron chi connectivity index (χ4n) is 5.76. The van der Waals surface area contributed by atoms with Gasteiger partial charge in [-0.3, -0.25) is 4.98 Å². The molecular formula is C27H30N4O2S. The second kappa shape index (κ2) is 9.22. The highest BCUT2D eigenvalue weighted by Crippen LogP contribution is 2.44. The van der Waals surface area contributed by atoms with Crippen molar-refractivity contribution >= 4 is 23.3 Å². The van der Waals surface area contributed by atoms with Crippen LogP contribution in [0.5, 0.6) is 0 Å². The Morgan fingerprint density at radius 3 is 2.53 bits per heavy atom. The van der Waals surface area contributed by atoms with Crippen LogP contribution in [0.3, 0.4) is 0 Å². The minimum Gasteiger partial charge on any atom is -0.478 e. The van der Waals surface area contributed by atoms with Crippen LogP contribution in [0.25, 0.3) is 5.69 Å². The molecule has 1 aromatic carbocycles. The highest BCUT2D eigenvalue weighted by atomic mass is 32.1. The monoisotopic (exact) mass is 474 g/mol. The van der Waals surface area contributed by atoms with E-state index in [0.29, 0.717) is 17.3 Å². The van der Waals surface area contributed by atoms with Crippen molar-refractivity contribution in [3.05, 3.63) is 82.9 Å². The number of aryl methyl sites for hydroxylation is 1. The number of thiocarbonyl (C=S) groups is 1. The Hall–Kier alpha value is -3.19. The molecule has 2 unspecified atom stereocenters. The van der Waals surface area contributed by atoms with E-state index in [9.17, 15) is 9.90 Å². The van der Waals surface area contributed by atoms with Crippen molar-refractivity contribution in [2.24, 2.45) is 0 Å². The van der Waals surface area contributed by atoms with E-state index in [4.69, 9.17) is 12.2 Å². The first-order chi connectivity index (χ1) is 16.5. The number of rotatable bonds is 5. The largest absolute Gasteiger partial charge is 0.478 e. The van der Waals surface area contributed by atoms with E-state index in [1.165, 1.54) is 19.3 Å². The van der Waals surface area contributed by atoms with Gasteiger partial charge in [-0.15, -0.1) is 0 Å². The number of aromatic carboxylic acids is 1. The van der Waals surface area contributed by atoms with Gasteiger partial charge in [0.25, 0.3) is 0 Å². The van der Waals surface area contributed by atoms with Crippen molar-refractivity contribution in [2.75, 3.05) is 0 Å². The van der Waals surface area contributed by atoms with Gasteiger partial charge in [-0.05, 0) is 74.8 Å². The molecular weight excluding hydrogens is 444 g/mol. The first-order valence-corrected chi connectivity index (χ1v) is 12.4. The van der Waals surface area contributed by atoms with E-state index >= 15 is 0 Å². The average molecular weight is 475 g/mol. The maximum atomic E-state index is 12.0. The molecule has 0 bridgehead atoms. The second-order valence-electron chi connectivity index (χ2n) is 9.31. The Labute approximate surface area is 205 Å². The Morgan fingerprint density at radius 2 is 1.82 bits per heavy atom. The normalized spacial score (nSPS) is 21.0. The number of hydrogen-bond acceptors (Lipinski definition) is 3. The predicted octanol–water partition coefficient (Wildman–Crippen LogP) is 5.49. The van der Waals surface area contributed by atoms with Gasteiger partial charge in [0, 0.05) is 23.6 Å². The Kier molecular flexibility index (Phi) is 6.13. The molecule has 34 heavy (non-hydrogen) atoms. The number of nitrogens with one attached hydrogen (secondary N) is 1. The zero-order valence-electron chi connectivity index (χ0n) is 19.6. The molecule has 0 amide bonds. The molecule has 3 heterocycles. The highest BCUT2D eigenvalue weighted by molar-refractivity contribution is 7.80. The van der Waals surface area contributed by atoms with Gasteiger partial charge in [0.2, 0.25) is 0 Å². The van der Waals surface area contributed by atoms with E-state index in [1.54, 1.807) is 12.1 Å². The number of carboxylic acid groups (broad SMARTS) is 1. The summed E-state index contributed by atoms with van der Waals surface area (Å²) in [6.07, 6.45) is 7.80. The number of carbonyl (C=O) groups is 1. The van der Waals surface area contributed by atoms with E-state index in [2.05, 4.69) is 38.8 Å². The molecule has 2 aromatic heterocycles. The molecule has 1 aliphatic carbocycles. The molecule has 0 spiro atoms. The number of pyridine rings is 1. The highest BCUT2D eigenvalue weighted by Gasteiger charge is 2.44. The first kappa shape index (κ1) is 22.6. The van der Waals surface area contributed by atoms with Gasteiger partial charge in [0.15, 0.2) is 5.11 Å². The average Bonchev–Trinajstić information content (AvgIpc) is 3.35. The summed E-state index contributed by atoms with van der Waals surface area (Å²) in [5, 5.41) is 14.2. The summed E-state index contributed by atoms with van der Waals surface area (Å²) in [5.74, 6) is -0.927. The lowest BCUT2D eigenvalue weighted by Crippen LogP contribution is -2.40. The van der Waals surface area contributed by atoms with Crippen molar-refractivity contribution in [2.45, 2.75) is 64.1 Å². The molecule has 5 rings (SSSR count). The third-order valence-corrected chi connectivity index (χ3v) is 7.60. The summed E-state index contributed by atoms with van der Waals surface area (Å²) < 4.78 is 2.06. The van der Waals surface area contributed by atoms with Crippen LogP contribution >= 0.6 is 12.2 Å². The lowest BCUT2D eigenvalue weighted by Gasteiger charge is -2.37. The second-order valence-corrected chi connectivity index (χ2v) is 9.70. The van der Waals surface area contributed by atoms with Gasteiger partial charge in [-0.1, -0.05) is 37.5 Å². The van der Waals surface area contributed by atoms with Crippen LogP contribution in [-0.2, 0) is 0 Å². The van der Waals surface area contributed by atoms with Crippen molar-refractivity contribution in [3.8, 4) is 5.69 Å². The van der Waals surface area contributed by atoms with Crippen molar-refractivity contribution in [1.82, 2.24) is 19.8 Å². The predicted molar refractivity (Wildman–Crippen MR) is 136 cm³/mol. The van der Waals surface area contributed by atoms with Gasteiger partial charge in [-0.2, -0.15) is 0 Å². The summed E-state index contributed by atoms with van der Waals surface area (Å²) in [4.78, 5) is 19.0. The van der Waals surface area contributed by atoms with Gasteiger partial charge < -0.3 is 19.9 Å². The molecule has 1 saturated heterocycles. The van der Waals surface area contributed by atoms with E-state index in [1.807, 2.05) is 37.4 Å². The summed E-state index contributed by atoms with van der Waals surface area (Å²) >= 11 is 5.91. The van der Waals surface area contributed by atoms with Gasteiger partial charge in [-0.25, -0.2) is 4.79 Å². The number of para-hydroxylation sites is 1. The number of hydrogen-bond donors (Lipinski definition) is 2. The Morgan fingerprint density at radius 1 is 1.09 bits per heavy atom. The van der Waals surface area contributed by atoms with Crippen LogP contribution in [0.1, 0.15) is 77.2 Å². The molecule has 2 N–H and O–H groups in total. The van der Waals surface area contributed by atoms with Crippen molar-refractivity contribution < 1.29 is 9.90 Å². The quantitative estimate of drug-likeness (QED) is 0.477. The van der Waals surface area contributed by atoms with Gasteiger partial charge >= 0.3 is 5.97 Å². The van der Waals surface area contributed by atoms with Crippen LogP contribution in [0.15, 0.2) is 54.7 Å². The smallest absolute Gasteiger partial charge is 0.337 e. The Balaban J connectivity index is 1.65. The number of aromatic nitrogens is 2. The minimum absolute atomic E-state index is 0.0116. The summed E-state index contributed by atoms with van der Waals surface area (Å²) in [7, 11) is 0. The van der Waals surface area contributed by atoms with Gasteiger partial charge in [0.05, 0.1) is 29.0 Å². The molecule has 7 heteroatoms. The molecule has 2 atom stereocenters. The van der Waals surface area contributed by atoms with Crippen LogP contribution in [0.2, 0.25) is 0 Å². The molecule has 3 aromatic rings. The van der Waals surface area contributed by atoms with E-state index in [-0.39, 0.29) is 12.1 Å². The van der Waals surface area contributed by atoms with Gasteiger partial charge in [0.1, 0.15) is 0 Å². The minimum atomic E-state index is -0.927. The van der Waals surface area contributed by atoms with E-state index in [0.717, 1.165) is 40.6 Å². The zero-order chi connectivity index (χ0) is 23.8. The maximum absolute atomic E-state index is 12.0. The number of benzene rings is 1. The zero-order valence-corrected chi connectivity index (χ0v) is 20.4. The molecule has 2 fully saturated rings. The van der Waals surface area contributed by atoms with Crippen LogP contribution < -0.4 is 5.32 Å². The lowest BCUT2D eigenvalue weighted by atomic mass is 9.90. The van der Waals surface area contributed by atoms with Crippen molar-refractivity contribution in [1.29, 1.82) is 0 Å². The first-order valence-electron chi connectivity index (χ1n) is 12.0. The fraction of sp³-hybridized carbons (Fsp3) is 0.370. The third-order valence-electron chi connectivity index (χ3n) is 7.27. The van der Waals surface area contributed by atoms with Crippen LogP contribution in [0, 0.1) is 13.8 Å². The fourth-order valence-corrected chi connectivity index (χ4v) is 6.15. The molecule has 0 radical (unpaired) electrons. The number of nitrogens with zero attached hydrogens (tertiary/aromatic N) is 3. The SMILES string of the molecule is Cc1cc(C2C(c3ccccn3)NC(=S)N2C2CCCCC2)c(C)n1-c1ccccc1C(=O)O.